The van der Waals surface area contributed by atoms with Crippen molar-refractivity contribution in [3.05, 3.63) is 93.7 Å². The number of halogens is 1. The van der Waals surface area contributed by atoms with Gasteiger partial charge in [0, 0.05) is 26.7 Å². The van der Waals surface area contributed by atoms with Crippen molar-refractivity contribution in [3.8, 4) is 5.75 Å². The van der Waals surface area contributed by atoms with Crippen LogP contribution in [-0.4, -0.2) is 18.8 Å². The van der Waals surface area contributed by atoms with E-state index >= 15 is 0 Å². The quantitative estimate of drug-likeness (QED) is 0.368. The first-order valence-electron chi connectivity index (χ1n) is 9.25. The van der Waals surface area contributed by atoms with Gasteiger partial charge in [-0.25, -0.2) is 0 Å². The molecular weight excluding hydrogens is 446 g/mol. The van der Waals surface area contributed by atoms with Crippen LogP contribution >= 0.6 is 15.9 Å². The van der Waals surface area contributed by atoms with E-state index in [9.17, 15) is 9.59 Å². The van der Waals surface area contributed by atoms with Gasteiger partial charge in [0.1, 0.15) is 11.3 Å². The number of fused-ring (bicyclic) bond motifs is 1. The van der Waals surface area contributed by atoms with Crippen LogP contribution in [0.4, 0.5) is 5.69 Å². The van der Waals surface area contributed by atoms with Gasteiger partial charge in [0.25, 0.3) is 5.91 Å². The van der Waals surface area contributed by atoms with Crippen molar-refractivity contribution in [1.82, 2.24) is 0 Å². The first kappa shape index (κ1) is 19.9. The molecule has 4 rings (SSSR count). The number of amides is 1. The first-order chi connectivity index (χ1) is 14.5. The van der Waals surface area contributed by atoms with Gasteiger partial charge in [-0.2, -0.15) is 0 Å². The number of carbonyl (C=O) groups is 2. The van der Waals surface area contributed by atoms with Crippen LogP contribution in [0.25, 0.3) is 11.0 Å². The minimum atomic E-state index is -0.226. The average Bonchev–Trinajstić information content (AvgIpc) is 3.09. The highest BCUT2D eigenvalue weighted by Gasteiger charge is 2.20. The standard InChI is InChI=1S/C24H18BrNO4/c1-14-19-13-16(26-24(28)18-8-3-4-9-20(18)25)10-11-21(19)30-23(14)22(27)15-6-5-7-17(12-15)29-2/h3-13H,1-2H3,(H,26,28). The molecule has 0 spiro atoms. The summed E-state index contributed by atoms with van der Waals surface area (Å²) >= 11 is 3.39. The smallest absolute Gasteiger partial charge is 0.256 e. The second kappa shape index (κ2) is 8.16. The number of aryl methyl sites for hydroxylation is 1. The maximum Gasteiger partial charge on any atom is 0.256 e. The maximum absolute atomic E-state index is 13.0. The molecule has 1 amide bonds. The maximum atomic E-state index is 13.0. The predicted octanol–water partition coefficient (Wildman–Crippen LogP) is 6.00. The van der Waals surface area contributed by atoms with Crippen LogP contribution in [0.1, 0.15) is 32.0 Å². The van der Waals surface area contributed by atoms with Crippen LogP contribution < -0.4 is 10.1 Å². The van der Waals surface area contributed by atoms with E-state index in [1.807, 2.05) is 25.1 Å². The molecule has 1 heterocycles. The first-order valence-corrected chi connectivity index (χ1v) is 10.0. The summed E-state index contributed by atoms with van der Waals surface area (Å²) in [6, 6.07) is 19.5. The number of hydrogen-bond donors (Lipinski definition) is 1. The Hall–Kier alpha value is -3.38. The van der Waals surface area contributed by atoms with Crippen molar-refractivity contribution in [2.24, 2.45) is 0 Å². The van der Waals surface area contributed by atoms with Crippen molar-refractivity contribution in [2.45, 2.75) is 6.92 Å². The van der Waals surface area contributed by atoms with E-state index in [4.69, 9.17) is 9.15 Å². The molecule has 0 unspecified atom stereocenters. The highest BCUT2D eigenvalue weighted by molar-refractivity contribution is 9.10. The Kier molecular flexibility index (Phi) is 5.42. The number of benzene rings is 3. The van der Waals surface area contributed by atoms with Crippen LogP contribution in [0.3, 0.4) is 0 Å². The molecular formula is C24H18BrNO4. The number of rotatable bonds is 5. The summed E-state index contributed by atoms with van der Waals surface area (Å²) < 4.78 is 11.8. The molecule has 1 aromatic heterocycles. The summed E-state index contributed by atoms with van der Waals surface area (Å²) in [5.74, 6) is 0.427. The largest absolute Gasteiger partial charge is 0.497 e. The zero-order valence-corrected chi connectivity index (χ0v) is 17.9. The Balaban J connectivity index is 1.66. The minimum absolute atomic E-state index is 0.221. The molecule has 0 atom stereocenters. The van der Waals surface area contributed by atoms with E-state index in [0.29, 0.717) is 32.6 Å². The van der Waals surface area contributed by atoms with Crippen molar-refractivity contribution in [2.75, 3.05) is 12.4 Å². The Labute approximate surface area is 181 Å². The summed E-state index contributed by atoms with van der Waals surface area (Å²) in [4.78, 5) is 25.6. The lowest BCUT2D eigenvalue weighted by molar-refractivity contribution is 0.101. The second-order valence-corrected chi connectivity index (χ2v) is 7.62. The highest BCUT2D eigenvalue weighted by atomic mass is 79.9. The third kappa shape index (κ3) is 3.74. The van der Waals surface area contributed by atoms with Crippen LogP contribution in [0, 0.1) is 6.92 Å². The SMILES string of the molecule is COc1cccc(C(=O)c2oc3ccc(NC(=O)c4ccccc4Br)cc3c2C)c1. The molecule has 4 aromatic rings. The highest BCUT2D eigenvalue weighted by Crippen LogP contribution is 2.30. The minimum Gasteiger partial charge on any atom is -0.497 e. The Morgan fingerprint density at radius 3 is 2.57 bits per heavy atom. The molecule has 3 aromatic carbocycles. The molecule has 1 N–H and O–H groups in total. The fourth-order valence-corrected chi connectivity index (χ4v) is 3.72. The Bertz CT molecular complexity index is 1280. The number of furan rings is 1. The molecule has 0 fully saturated rings. The lowest BCUT2D eigenvalue weighted by Gasteiger charge is -2.07. The Morgan fingerprint density at radius 1 is 1.00 bits per heavy atom. The number of hydrogen-bond acceptors (Lipinski definition) is 4. The van der Waals surface area contributed by atoms with Gasteiger partial charge in [-0.3, -0.25) is 9.59 Å². The molecule has 0 saturated carbocycles. The van der Waals surface area contributed by atoms with Crippen molar-refractivity contribution in [1.29, 1.82) is 0 Å². The monoisotopic (exact) mass is 463 g/mol. The van der Waals surface area contributed by atoms with E-state index in [1.165, 1.54) is 0 Å². The second-order valence-electron chi connectivity index (χ2n) is 6.76. The topological polar surface area (TPSA) is 68.5 Å². The van der Waals surface area contributed by atoms with Gasteiger partial charge in [-0.05, 0) is 65.3 Å². The molecule has 0 aliphatic heterocycles. The van der Waals surface area contributed by atoms with Gasteiger partial charge in [-0.15, -0.1) is 0 Å². The number of carbonyl (C=O) groups excluding carboxylic acids is 2. The van der Waals surface area contributed by atoms with E-state index in [2.05, 4.69) is 21.2 Å². The van der Waals surface area contributed by atoms with Gasteiger partial charge in [0.15, 0.2) is 5.76 Å². The van der Waals surface area contributed by atoms with E-state index in [1.54, 1.807) is 55.6 Å². The molecule has 30 heavy (non-hydrogen) atoms. The van der Waals surface area contributed by atoms with Gasteiger partial charge in [0.2, 0.25) is 5.78 Å². The molecule has 5 nitrogen and oxygen atoms in total. The lowest BCUT2D eigenvalue weighted by atomic mass is 10.0. The van der Waals surface area contributed by atoms with Crippen LogP contribution in [-0.2, 0) is 0 Å². The molecule has 150 valence electrons. The summed E-state index contributed by atoms with van der Waals surface area (Å²) in [6.45, 7) is 1.83. The molecule has 0 aliphatic rings. The van der Waals surface area contributed by atoms with Crippen molar-refractivity contribution >= 4 is 44.3 Å². The zero-order valence-electron chi connectivity index (χ0n) is 16.4. The van der Waals surface area contributed by atoms with Crippen LogP contribution in [0.15, 0.2) is 75.6 Å². The van der Waals surface area contributed by atoms with Gasteiger partial charge in [0.05, 0.1) is 12.7 Å². The average molecular weight is 464 g/mol. The predicted molar refractivity (Wildman–Crippen MR) is 119 cm³/mol. The molecule has 6 heteroatoms. The summed E-state index contributed by atoms with van der Waals surface area (Å²) in [7, 11) is 1.56. The number of nitrogens with one attached hydrogen (secondary N) is 1. The number of methoxy groups -OCH3 is 1. The van der Waals surface area contributed by atoms with Gasteiger partial charge < -0.3 is 14.5 Å². The van der Waals surface area contributed by atoms with Gasteiger partial charge in [-0.1, -0.05) is 24.3 Å². The van der Waals surface area contributed by atoms with Gasteiger partial charge >= 0.3 is 0 Å². The van der Waals surface area contributed by atoms with E-state index < -0.39 is 0 Å². The van der Waals surface area contributed by atoms with Crippen LogP contribution in [0.2, 0.25) is 0 Å². The van der Waals surface area contributed by atoms with Crippen molar-refractivity contribution < 1.29 is 18.7 Å². The van der Waals surface area contributed by atoms with E-state index in [-0.39, 0.29) is 17.5 Å². The third-order valence-corrected chi connectivity index (χ3v) is 5.54. The molecule has 0 bridgehead atoms. The van der Waals surface area contributed by atoms with E-state index in [0.717, 1.165) is 10.9 Å². The number of ether oxygens (including phenoxy) is 1. The summed E-state index contributed by atoms with van der Waals surface area (Å²) in [5.41, 5.74) is 2.94. The molecule has 0 radical (unpaired) electrons. The lowest BCUT2D eigenvalue weighted by Crippen LogP contribution is -2.12. The summed E-state index contributed by atoms with van der Waals surface area (Å²) in [6.07, 6.45) is 0. The fraction of sp³-hybridized carbons (Fsp3) is 0.0833. The van der Waals surface area contributed by atoms with Crippen molar-refractivity contribution in [3.63, 3.8) is 0 Å². The summed E-state index contributed by atoms with van der Waals surface area (Å²) in [5, 5.41) is 3.66. The normalized spacial score (nSPS) is 10.8. The number of anilines is 1. The molecule has 0 saturated heterocycles. The molecule has 0 aliphatic carbocycles. The van der Waals surface area contributed by atoms with Crippen LogP contribution in [0.5, 0.6) is 5.75 Å². The third-order valence-electron chi connectivity index (χ3n) is 4.85. The fourth-order valence-electron chi connectivity index (χ4n) is 3.25. The number of ketones is 1. The Morgan fingerprint density at radius 2 is 1.80 bits per heavy atom. The zero-order chi connectivity index (χ0) is 21.3.